The first kappa shape index (κ1) is 13.0. The van der Waals surface area contributed by atoms with Gasteiger partial charge in [0.15, 0.2) is 0 Å². The number of alkyl carbamates (subject to hydrolysis) is 1. The number of nitrogens with one attached hydrogen (secondary N) is 1. The van der Waals surface area contributed by atoms with E-state index in [9.17, 15) is 4.79 Å². The highest BCUT2D eigenvalue weighted by molar-refractivity contribution is 5.69. The van der Waals surface area contributed by atoms with Crippen LogP contribution >= 0.6 is 0 Å². The van der Waals surface area contributed by atoms with E-state index in [-0.39, 0.29) is 6.61 Å². The van der Waals surface area contributed by atoms with E-state index in [0.717, 1.165) is 0 Å². The molecule has 4 nitrogen and oxygen atoms in total. The van der Waals surface area contributed by atoms with E-state index in [1.165, 1.54) is 6.08 Å². The minimum atomic E-state index is -0.831. The molecule has 0 aromatic heterocycles. The lowest BCUT2D eigenvalue weighted by Gasteiger charge is -2.27. The van der Waals surface area contributed by atoms with E-state index < -0.39 is 17.2 Å². The van der Waals surface area contributed by atoms with Gasteiger partial charge in [0.05, 0.1) is 12.1 Å². The van der Waals surface area contributed by atoms with E-state index >= 15 is 0 Å². The van der Waals surface area contributed by atoms with Gasteiger partial charge in [0, 0.05) is 0 Å². The maximum absolute atomic E-state index is 11.3. The number of hydrogen-bond donors (Lipinski definition) is 2. The van der Waals surface area contributed by atoms with Crippen molar-refractivity contribution in [3.05, 3.63) is 12.7 Å². The van der Waals surface area contributed by atoms with Crippen LogP contribution in [0.25, 0.3) is 0 Å². The second kappa shape index (κ2) is 4.46. The maximum Gasteiger partial charge on any atom is 0.408 e. The molecule has 4 heteroatoms. The highest BCUT2D eigenvalue weighted by Gasteiger charge is 2.25. The Labute approximate surface area is 85.0 Å². The zero-order valence-electron chi connectivity index (χ0n) is 9.26. The average Bonchev–Trinajstić information content (AvgIpc) is 2.00. The Morgan fingerprint density at radius 2 is 2.00 bits per heavy atom. The highest BCUT2D eigenvalue weighted by Crippen LogP contribution is 2.09. The average molecular weight is 201 g/mol. The molecule has 0 aromatic rings. The highest BCUT2D eigenvalue weighted by atomic mass is 16.6. The van der Waals surface area contributed by atoms with Gasteiger partial charge in [0.2, 0.25) is 0 Å². The topological polar surface area (TPSA) is 58.6 Å². The van der Waals surface area contributed by atoms with Gasteiger partial charge in [-0.15, -0.1) is 6.58 Å². The molecule has 82 valence electrons. The predicted octanol–water partition coefficient (Wildman–Crippen LogP) is 1.45. The predicted molar refractivity (Wildman–Crippen MR) is 55.1 cm³/mol. The molecule has 0 fully saturated rings. The number of ether oxygens (including phenoxy) is 1. The molecule has 14 heavy (non-hydrogen) atoms. The summed E-state index contributed by atoms with van der Waals surface area (Å²) in [5, 5.41) is 11.5. The maximum atomic E-state index is 11.3. The van der Waals surface area contributed by atoms with Crippen molar-refractivity contribution in [2.45, 2.75) is 38.8 Å². The van der Waals surface area contributed by atoms with E-state index in [4.69, 9.17) is 9.84 Å². The molecule has 2 N–H and O–H groups in total. The number of carbonyl (C=O) groups is 1. The molecule has 0 aromatic carbocycles. The van der Waals surface area contributed by atoms with Gasteiger partial charge in [-0.2, -0.15) is 0 Å². The number of amides is 1. The molecule has 0 aliphatic heterocycles. The fourth-order valence-corrected chi connectivity index (χ4v) is 0.692. The Morgan fingerprint density at radius 3 is 2.29 bits per heavy atom. The molecular weight excluding hydrogens is 182 g/mol. The number of aliphatic hydroxyl groups is 1. The van der Waals surface area contributed by atoms with Gasteiger partial charge in [0.25, 0.3) is 0 Å². The van der Waals surface area contributed by atoms with Crippen LogP contribution in [-0.4, -0.2) is 28.9 Å². The van der Waals surface area contributed by atoms with Gasteiger partial charge in [-0.25, -0.2) is 4.79 Å². The molecule has 0 spiro atoms. The van der Waals surface area contributed by atoms with Gasteiger partial charge in [-0.3, -0.25) is 0 Å². The summed E-state index contributed by atoms with van der Waals surface area (Å²) in [6, 6.07) is 0. The van der Waals surface area contributed by atoms with E-state index in [2.05, 4.69) is 11.9 Å². The first-order chi connectivity index (χ1) is 6.22. The minimum absolute atomic E-state index is 0.213. The molecule has 0 saturated heterocycles. The molecule has 0 aliphatic rings. The number of aliphatic hydroxyl groups excluding tert-OH is 1. The summed E-state index contributed by atoms with van der Waals surface area (Å²) >= 11 is 0. The van der Waals surface area contributed by atoms with Crippen molar-refractivity contribution >= 4 is 6.09 Å². The largest absolute Gasteiger partial charge is 0.444 e. The number of hydrogen-bond acceptors (Lipinski definition) is 3. The Morgan fingerprint density at radius 1 is 1.50 bits per heavy atom. The lowest BCUT2D eigenvalue weighted by molar-refractivity contribution is 0.0452. The molecule has 0 bridgehead atoms. The Bertz CT molecular complexity index is 220. The fourth-order valence-electron chi connectivity index (χ4n) is 0.692. The molecule has 0 rings (SSSR count). The molecule has 0 aliphatic carbocycles. The van der Waals surface area contributed by atoms with Crippen LogP contribution in [0.2, 0.25) is 0 Å². The van der Waals surface area contributed by atoms with Crippen molar-refractivity contribution < 1.29 is 14.6 Å². The molecule has 0 saturated carbocycles. The van der Waals surface area contributed by atoms with Crippen molar-refractivity contribution in [1.29, 1.82) is 0 Å². The third-order valence-corrected chi connectivity index (χ3v) is 1.57. The summed E-state index contributed by atoms with van der Waals surface area (Å²) in [4.78, 5) is 11.3. The Hall–Kier alpha value is -1.03. The van der Waals surface area contributed by atoms with Crippen molar-refractivity contribution in [2.24, 2.45) is 0 Å². The lowest BCUT2D eigenvalue weighted by atomic mass is 10.1. The summed E-state index contributed by atoms with van der Waals surface area (Å²) in [6.07, 6.45) is 0.908. The summed E-state index contributed by atoms with van der Waals surface area (Å²) in [5.41, 5.74) is -1.37. The summed E-state index contributed by atoms with van der Waals surface area (Å²) in [7, 11) is 0. The van der Waals surface area contributed by atoms with E-state index in [1.54, 1.807) is 27.7 Å². The third-order valence-electron chi connectivity index (χ3n) is 1.57. The second-order valence-corrected chi connectivity index (χ2v) is 4.41. The van der Waals surface area contributed by atoms with Gasteiger partial charge < -0.3 is 15.2 Å². The SMILES string of the molecule is C=CC(C)(CO)NC(=O)OC(C)(C)C. The van der Waals surface area contributed by atoms with Gasteiger partial charge in [0.1, 0.15) is 5.60 Å². The second-order valence-electron chi connectivity index (χ2n) is 4.41. The van der Waals surface area contributed by atoms with Crippen LogP contribution in [0.5, 0.6) is 0 Å². The number of rotatable bonds is 3. The first-order valence-corrected chi connectivity index (χ1v) is 4.48. The summed E-state index contributed by atoms with van der Waals surface area (Å²) < 4.78 is 5.03. The van der Waals surface area contributed by atoms with Crippen LogP contribution in [-0.2, 0) is 4.74 Å². The van der Waals surface area contributed by atoms with Crippen LogP contribution in [0, 0.1) is 0 Å². The molecule has 0 heterocycles. The van der Waals surface area contributed by atoms with Crippen molar-refractivity contribution in [2.75, 3.05) is 6.61 Å². The number of carbonyl (C=O) groups excluding carboxylic acids is 1. The molecule has 1 atom stereocenters. The third kappa shape index (κ3) is 4.87. The quantitative estimate of drug-likeness (QED) is 0.679. The van der Waals surface area contributed by atoms with E-state index in [0.29, 0.717) is 0 Å². The van der Waals surface area contributed by atoms with Crippen LogP contribution in [0.15, 0.2) is 12.7 Å². The van der Waals surface area contributed by atoms with Crippen LogP contribution in [0.3, 0.4) is 0 Å². The molecule has 1 amide bonds. The van der Waals surface area contributed by atoms with Crippen LogP contribution < -0.4 is 5.32 Å². The summed E-state index contributed by atoms with van der Waals surface area (Å²) in [6.45, 7) is 10.3. The standard InChI is InChI=1S/C10H19NO3/c1-6-10(5,7-12)11-8(13)14-9(2,3)4/h6,12H,1,7H2,2-5H3,(H,11,13). The normalized spacial score (nSPS) is 15.5. The smallest absolute Gasteiger partial charge is 0.408 e. The van der Waals surface area contributed by atoms with Gasteiger partial charge in [-0.05, 0) is 27.7 Å². The molecule has 1 unspecified atom stereocenters. The van der Waals surface area contributed by atoms with Crippen molar-refractivity contribution in [1.82, 2.24) is 5.32 Å². The van der Waals surface area contributed by atoms with Crippen LogP contribution in [0.1, 0.15) is 27.7 Å². The monoisotopic (exact) mass is 201 g/mol. The van der Waals surface area contributed by atoms with Crippen molar-refractivity contribution in [3.63, 3.8) is 0 Å². The minimum Gasteiger partial charge on any atom is -0.444 e. The Balaban J connectivity index is 4.25. The zero-order valence-corrected chi connectivity index (χ0v) is 9.26. The van der Waals surface area contributed by atoms with Crippen molar-refractivity contribution in [3.8, 4) is 0 Å². The van der Waals surface area contributed by atoms with Gasteiger partial charge in [-0.1, -0.05) is 6.08 Å². The van der Waals surface area contributed by atoms with Gasteiger partial charge >= 0.3 is 6.09 Å². The van der Waals surface area contributed by atoms with E-state index in [1.807, 2.05) is 0 Å². The lowest BCUT2D eigenvalue weighted by Crippen LogP contribution is -2.48. The summed E-state index contributed by atoms with van der Waals surface area (Å²) in [5.74, 6) is 0. The Kier molecular flexibility index (Phi) is 4.13. The molecular formula is C10H19NO3. The van der Waals surface area contributed by atoms with Crippen LogP contribution in [0.4, 0.5) is 4.79 Å². The fraction of sp³-hybridized carbons (Fsp3) is 0.700. The zero-order chi connectivity index (χ0) is 11.4. The molecule has 0 radical (unpaired) electrons. The first-order valence-electron chi connectivity index (χ1n) is 4.48.